The highest BCUT2D eigenvalue weighted by atomic mass is 16.5. The van der Waals surface area contributed by atoms with Crippen molar-refractivity contribution < 1.29 is 14.3 Å². The van der Waals surface area contributed by atoms with Crippen molar-refractivity contribution in [3.63, 3.8) is 0 Å². The molecular formula is C22H26N6O3. The van der Waals surface area contributed by atoms with Gasteiger partial charge in [0.15, 0.2) is 0 Å². The van der Waals surface area contributed by atoms with Crippen LogP contribution in [0.3, 0.4) is 0 Å². The Bertz CT molecular complexity index is 1080. The highest BCUT2D eigenvalue weighted by Crippen LogP contribution is 2.26. The second-order valence-corrected chi connectivity index (χ2v) is 7.73. The fraction of sp³-hybridized carbons (Fsp3) is 0.364. The van der Waals surface area contributed by atoms with Gasteiger partial charge in [-0.3, -0.25) is 9.59 Å². The van der Waals surface area contributed by atoms with E-state index in [0.717, 1.165) is 16.6 Å². The molecule has 9 nitrogen and oxygen atoms in total. The topological polar surface area (TPSA) is 136 Å². The van der Waals surface area contributed by atoms with Crippen molar-refractivity contribution in [2.75, 3.05) is 7.11 Å². The summed E-state index contributed by atoms with van der Waals surface area (Å²) in [4.78, 5) is 35.7. The molecule has 4 N–H and O–H groups in total. The highest BCUT2D eigenvalue weighted by Gasteiger charge is 2.25. The molecule has 0 fully saturated rings. The number of ether oxygens (including phenoxy) is 1. The summed E-state index contributed by atoms with van der Waals surface area (Å²) in [5.41, 5.74) is 1.83. The summed E-state index contributed by atoms with van der Waals surface area (Å²) in [6.07, 6.45) is 3.85. The number of carbonyl (C=O) groups is 2. The van der Waals surface area contributed by atoms with Crippen LogP contribution in [0.25, 0.3) is 10.9 Å². The Balaban J connectivity index is 1.73. The number of aromatic amines is 2. The quantitative estimate of drug-likeness (QED) is 0.419. The van der Waals surface area contributed by atoms with Gasteiger partial charge < -0.3 is 25.3 Å². The number of rotatable bonds is 9. The van der Waals surface area contributed by atoms with Crippen molar-refractivity contribution in [2.24, 2.45) is 5.92 Å². The fourth-order valence-corrected chi connectivity index (χ4v) is 3.38. The summed E-state index contributed by atoms with van der Waals surface area (Å²) in [5, 5.41) is 15.7. The van der Waals surface area contributed by atoms with E-state index in [1.54, 1.807) is 19.4 Å². The molecule has 0 saturated heterocycles. The number of fused-ring (bicyclic) bond motifs is 1. The lowest BCUT2D eigenvalue weighted by Crippen LogP contribution is -2.50. The van der Waals surface area contributed by atoms with E-state index in [9.17, 15) is 14.9 Å². The minimum Gasteiger partial charge on any atom is -0.496 e. The molecule has 2 amide bonds. The van der Waals surface area contributed by atoms with Crippen LogP contribution >= 0.6 is 0 Å². The van der Waals surface area contributed by atoms with Crippen molar-refractivity contribution in [1.29, 1.82) is 5.26 Å². The molecule has 2 atom stereocenters. The van der Waals surface area contributed by atoms with Gasteiger partial charge >= 0.3 is 0 Å². The van der Waals surface area contributed by atoms with Gasteiger partial charge in [0.1, 0.15) is 23.5 Å². The first-order valence-electron chi connectivity index (χ1n) is 10.0. The number of carbonyl (C=O) groups excluding carboxylic acids is 2. The molecule has 3 rings (SSSR count). The maximum absolute atomic E-state index is 12.9. The number of nitriles is 1. The van der Waals surface area contributed by atoms with Crippen LogP contribution in [0.4, 0.5) is 0 Å². The molecule has 0 bridgehead atoms. The Labute approximate surface area is 180 Å². The van der Waals surface area contributed by atoms with Crippen LogP contribution in [-0.2, 0) is 11.2 Å². The molecule has 3 aromatic rings. The molecule has 0 saturated carbocycles. The predicted octanol–water partition coefficient (Wildman–Crippen LogP) is 2.30. The number of nitrogens with one attached hydrogen (secondary N) is 4. The molecule has 1 aromatic carbocycles. The minimum atomic E-state index is -0.779. The zero-order valence-electron chi connectivity index (χ0n) is 17.7. The van der Waals surface area contributed by atoms with Gasteiger partial charge in [-0.1, -0.05) is 19.9 Å². The second kappa shape index (κ2) is 9.80. The van der Waals surface area contributed by atoms with Gasteiger partial charge in [-0.15, -0.1) is 0 Å². The molecule has 0 aliphatic heterocycles. The summed E-state index contributed by atoms with van der Waals surface area (Å²) >= 11 is 0. The first-order chi connectivity index (χ1) is 14.9. The van der Waals surface area contributed by atoms with Gasteiger partial charge in [-0.25, -0.2) is 4.98 Å². The number of hydrogen-bond acceptors (Lipinski definition) is 5. The van der Waals surface area contributed by atoms with Crippen LogP contribution in [0, 0.1) is 17.2 Å². The summed E-state index contributed by atoms with van der Waals surface area (Å²) < 4.78 is 5.34. The van der Waals surface area contributed by atoms with Gasteiger partial charge in [0.2, 0.25) is 5.91 Å². The fourth-order valence-electron chi connectivity index (χ4n) is 3.38. The van der Waals surface area contributed by atoms with E-state index in [1.165, 1.54) is 6.33 Å². The Kier molecular flexibility index (Phi) is 6.92. The SMILES string of the molecule is COc1cccc2[nH]c(C(=O)N[C@@H](CC(C)C)C(=O)N[C@@H](C#N)Cc3cnc[nH]3)cc12. The van der Waals surface area contributed by atoms with E-state index >= 15 is 0 Å². The molecule has 0 radical (unpaired) electrons. The van der Waals surface area contributed by atoms with Crippen molar-refractivity contribution >= 4 is 22.7 Å². The molecule has 0 unspecified atom stereocenters. The van der Waals surface area contributed by atoms with Gasteiger partial charge in [0, 0.05) is 29.2 Å². The van der Waals surface area contributed by atoms with E-state index in [1.807, 2.05) is 32.0 Å². The van der Waals surface area contributed by atoms with Crippen LogP contribution in [0.15, 0.2) is 36.8 Å². The second-order valence-electron chi connectivity index (χ2n) is 7.73. The van der Waals surface area contributed by atoms with Crippen LogP contribution in [-0.4, -0.2) is 46.0 Å². The lowest BCUT2D eigenvalue weighted by molar-refractivity contribution is -0.123. The van der Waals surface area contributed by atoms with Gasteiger partial charge in [-0.05, 0) is 30.5 Å². The normalized spacial score (nSPS) is 12.9. The summed E-state index contributed by atoms with van der Waals surface area (Å²) in [6, 6.07) is 7.75. The van der Waals surface area contributed by atoms with Crippen molar-refractivity contribution in [1.82, 2.24) is 25.6 Å². The van der Waals surface area contributed by atoms with E-state index in [0.29, 0.717) is 24.3 Å². The minimum absolute atomic E-state index is 0.159. The summed E-state index contributed by atoms with van der Waals surface area (Å²) in [7, 11) is 1.57. The lowest BCUT2D eigenvalue weighted by Gasteiger charge is -2.21. The molecule has 9 heteroatoms. The number of benzene rings is 1. The monoisotopic (exact) mass is 422 g/mol. The van der Waals surface area contributed by atoms with E-state index in [-0.39, 0.29) is 5.92 Å². The molecule has 2 heterocycles. The highest BCUT2D eigenvalue weighted by molar-refractivity contribution is 6.01. The number of nitrogens with zero attached hydrogens (tertiary/aromatic N) is 2. The molecule has 0 aliphatic rings. The summed E-state index contributed by atoms with van der Waals surface area (Å²) in [5.74, 6) is 0.00915. The maximum Gasteiger partial charge on any atom is 0.268 e. The Morgan fingerprint density at radius 1 is 1.29 bits per heavy atom. The van der Waals surface area contributed by atoms with Crippen LogP contribution in [0.1, 0.15) is 36.5 Å². The van der Waals surface area contributed by atoms with Crippen molar-refractivity contribution in [2.45, 2.75) is 38.8 Å². The summed E-state index contributed by atoms with van der Waals surface area (Å²) in [6.45, 7) is 3.93. The van der Waals surface area contributed by atoms with Crippen molar-refractivity contribution in [3.05, 3.63) is 48.2 Å². The number of H-pyrrole nitrogens is 2. The van der Waals surface area contributed by atoms with E-state index in [2.05, 4.69) is 31.7 Å². The van der Waals surface area contributed by atoms with Crippen LogP contribution in [0.5, 0.6) is 5.75 Å². The Morgan fingerprint density at radius 3 is 2.74 bits per heavy atom. The molecular weight excluding hydrogens is 396 g/mol. The Morgan fingerprint density at radius 2 is 2.10 bits per heavy atom. The number of amides is 2. The van der Waals surface area contributed by atoms with Crippen LogP contribution in [0.2, 0.25) is 0 Å². The number of imidazole rings is 1. The number of aromatic nitrogens is 3. The smallest absolute Gasteiger partial charge is 0.268 e. The van der Waals surface area contributed by atoms with Gasteiger partial charge in [0.05, 0.1) is 19.5 Å². The van der Waals surface area contributed by atoms with Gasteiger partial charge in [0.25, 0.3) is 5.91 Å². The number of methoxy groups -OCH3 is 1. The lowest BCUT2D eigenvalue weighted by atomic mass is 10.0. The van der Waals surface area contributed by atoms with Crippen LogP contribution < -0.4 is 15.4 Å². The maximum atomic E-state index is 12.9. The predicted molar refractivity (Wildman–Crippen MR) is 115 cm³/mol. The molecule has 0 spiro atoms. The first kappa shape index (κ1) is 21.9. The molecule has 0 aliphatic carbocycles. The molecule has 2 aromatic heterocycles. The third-order valence-electron chi connectivity index (χ3n) is 4.87. The van der Waals surface area contributed by atoms with Gasteiger partial charge in [-0.2, -0.15) is 5.26 Å². The zero-order chi connectivity index (χ0) is 22.4. The zero-order valence-corrected chi connectivity index (χ0v) is 17.7. The van der Waals surface area contributed by atoms with E-state index in [4.69, 9.17) is 4.74 Å². The average Bonchev–Trinajstić information content (AvgIpc) is 3.41. The third-order valence-corrected chi connectivity index (χ3v) is 4.87. The standard InChI is InChI=1S/C22H26N6O3/c1-13(2)7-18(21(29)26-14(10-23)8-15-11-24-12-25-15)28-22(30)19-9-16-17(27-19)5-4-6-20(16)31-3/h4-6,9,11-14,18,27H,7-8H2,1-3H3,(H,24,25)(H,26,29)(H,28,30)/t14-,18+/m1/s1. The number of hydrogen-bond donors (Lipinski definition) is 4. The van der Waals surface area contributed by atoms with E-state index < -0.39 is 23.9 Å². The largest absolute Gasteiger partial charge is 0.496 e. The third kappa shape index (κ3) is 5.42. The first-order valence-corrected chi connectivity index (χ1v) is 10.0. The molecule has 31 heavy (non-hydrogen) atoms. The Hall–Kier alpha value is -3.80. The van der Waals surface area contributed by atoms with Crippen molar-refractivity contribution in [3.8, 4) is 11.8 Å². The average molecular weight is 422 g/mol. The molecule has 162 valence electrons.